The van der Waals surface area contributed by atoms with Crippen molar-refractivity contribution in [1.29, 1.82) is 0 Å². The Labute approximate surface area is 144 Å². The molecule has 0 bridgehead atoms. The molecular formula is C17H27NO5S. The highest BCUT2D eigenvalue weighted by atomic mass is 32.2. The van der Waals surface area contributed by atoms with E-state index in [1.165, 1.54) is 4.31 Å². The maximum Gasteiger partial charge on any atom is 0.243 e. The van der Waals surface area contributed by atoms with Gasteiger partial charge in [0.15, 0.2) is 0 Å². The number of benzene rings is 1. The van der Waals surface area contributed by atoms with Crippen molar-refractivity contribution >= 4 is 10.0 Å². The molecule has 0 amide bonds. The summed E-state index contributed by atoms with van der Waals surface area (Å²) in [6, 6.07) is 4.99. The second kappa shape index (κ2) is 8.80. The summed E-state index contributed by atoms with van der Waals surface area (Å²) in [5.41, 5.74) is 0.799. The second-order valence-electron chi connectivity index (χ2n) is 5.95. The number of rotatable bonds is 9. The molecule has 1 saturated heterocycles. The third kappa shape index (κ3) is 4.69. The smallest absolute Gasteiger partial charge is 0.243 e. The molecule has 1 heterocycles. The highest BCUT2D eigenvalue weighted by Gasteiger charge is 2.28. The zero-order valence-electron chi connectivity index (χ0n) is 14.7. The summed E-state index contributed by atoms with van der Waals surface area (Å²) in [6.45, 7) is 6.95. The van der Waals surface area contributed by atoms with Gasteiger partial charge in [-0.05, 0) is 43.0 Å². The van der Waals surface area contributed by atoms with Gasteiger partial charge in [-0.3, -0.25) is 0 Å². The van der Waals surface area contributed by atoms with Crippen LogP contribution in [0.4, 0.5) is 0 Å². The van der Waals surface area contributed by atoms with Gasteiger partial charge in [-0.1, -0.05) is 6.92 Å². The molecule has 24 heavy (non-hydrogen) atoms. The van der Waals surface area contributed by atoms with Gasteiger partial charge in [0, 0.05) is 26.8 Å². The van der Waals surface area contributed by atoms with Crippen LogP contribution in [0.25, 0.3) is 0 Å². The Bertz CT molecular complexity index is 626. The fourth-order valence-corrected chi connectivity index (χ4v) is 4.35. The predicted octanol–water partition coefficient (Wildman–Crippen LogP) is 2.07. The first-order valence-corrected chi connectivity index (χ1v) is 9.73. The van der Waals surface area contributed by atoms with Crippen LogP contribution in [0.15, 0.2) is 23.1 Å². The quantitative estimate of drug-likeness (QED) is 0.633. The third-order valence-corrected chi connectivity index (χ3v) is 6.10. The lowest BCUT2D eigenvalue weighted by Crippen LogP contribution is -2.35. The molecule has 1 aliphatic rings. The van der Waals surface area contributed by atoms with E-state index in [4.69, 9.17) is 14.2 Å². The van der Waals surface area contributed by atoms with Crippen molar-refractivity contribution in [2.75, 3.05) is 46.6 Å². The first kappa shape index (κ1) is 19.2. The van der Waals surface area contributed by atoms with Crippen LogP contribution in [0.2, 0.25) is 0 Å². The Morgan fingerprint density at radius 2 is 2.12 bits per heavy atom. The Hall–Kier alpha value is -1.15. The van der Waals surface area contributed by atoms with Gasteiger partial charge in [0.25, 0.3) is 0 Å². The zero-order chi connectivity index (χ0) is 17.6. The normalized spacial score (nSPS) is 18.2. The molecule has 1 atom stereocenters. The maximum atomic E-state index is 12.9. The highest BCUT2D eigenvalue weighted by molar-refractivity contribution is 7.89. The second-order valence-corrected chi connectivity index (χ2v) is 7.89. The van der Waals surface area contributed by atoms with Crippen molar-refractivity contribution in [3.8, 4) is 5.75 Å². The molecule has 7 heteroatoms. The van der Waals surface area contributed by atoms with Gasteiger partial charge >= 0.3 is 0 Å². The van der Waals surface area contributed by atoms with Gasteiger partial charge in [0.05, 0.1) is 18.1 Å². The minimum absolute atomic E-state index is 0.275. The predicted molar refractivity (Wildman–Crippen MR) is 91.9 cm³/mol. The minimum Gasteiger partial charge on any atom is -0.491 e. The van der Waals surface area contributed by atoms with Crippen molar-refractivity contribution in [3.05, 3.63) is 23.8 Å². The van der Waals surface area contributed by atoms with Crippen molar-refractivity contribution in [3.63, 3.8) is 0 Å². The van der Waals surface area contributed by atoms with Crippen LogP contribution < -0.4 is 4.74 Å². The summed E-state index contributed by atoms with van der Waals surface area (Å²) in [7, 11) is -1.89. The van der Waals surface area contributed by atoms with Crippen LogP contribution in [-0.2, 0) is 19.5 Å². The van der Waals surface area contributed by atoms with Gasteiger partial charge in [0.2, 0.25) is 10.0 Å². The maximum absolute atomic E-state index is 12.9. The molecule has 136 valence electrons. The lowest BCUT2D eigenvalue weighted by molar-refractivity contribution is 0.146. The molecule has 6 nitrogen and oxygen atoms in total. The Morgan fingerprint density at radius 3 is 2.71 bits per heavy atom. The van der Waals surface area contributed by atoms with Crippen molar-refractivity contribution in [1.82, 2.24) is 4.31 Å². The molecule has 1 aliphatic heterocycles. The summed E-state index contributed by atoms with van der Waals surface area (Å²) in [5, 5.41) is 0. The number of sulfonamides is 1. The molecule has 0 aromatic heterocycles. The molecule has 0 N–H and O–H groups in total. The highest BCUT2D eigenvalue weighted by Crippen LogP contribution is 2.25. The molecule has 1 aromatic carbocycles. The van der Waals surface area contributed by atoms with E-state index in [2.05, 4.69) is 0 Å². The summed E-state index contributed by atoms with van der Waals surface area (Å²) in [5.74, 6) is 0.954. The molecule has 1 unspecified atom stereocenters. The van der Waals surface area contributed by atoms with Gasteiger partial charge in [-0.25, -0.2) is 8.42 Å². The summed E-state index contributed by atoms with van der Waals surface area (Å²) in [6.07, 6.45) is 0.914. The average Bonchev–Trinajstić information content (AvgIpc) is 3.07. The van der Waals surface area contributed by atoms with Crippen LogP contribution in [0.1, 0.15) is 18.9 Å². The van der Waals surface area contributed by atoms with E-state index >= 15 is 0 Å². The van der Waals surface area contributed by atoms with Gasteiger partial charge in [0.1, 0.15) is 12.4 Å². The summed E-state index contributed by atoms with van der Waals surface area (Å²) < 4.78 is 43.2. The molecular weight excluding hydrogens is 330 g/mol. The van der Waals surface area contributed by atoms with Crippen LogP contribution >= 0.6 is 0 Å². The summed E-state index contributed by atoms with van der Waals surface area (Å²) in [4.78, 5) is 0.305. The van der Waals surface area contributed by atoms with E-state index in [0.29, 0.717) is 43.6 Å². The molecule has 0 aliphatic carbocycles. The number of aryl methyl sites for hydroxylation is 1. The largest absolute Gasteiger partial charge is 0.491 e. The lowest BCUT2D eigenvalue weighted by Gasteiger charge is -2.23. The zero-order valence-corrected chi connectivity index (χ0v) is 15.5. The first-order valence-electron chi connectivity index (χ1n) is 8.29. The SMILES string of the molecule is CCN(CC1CCOC1)S(=O)(=O)c1ccc(OCCOC)c(C)c1. The molecule has 0 spiro atoms. The van der Waals surface area contributed by atoms with E-state index < -0.39 is 10.0 Å². The fraction of sp³-hybridized carbons (Fsp3) is 0.647. The average molecular weight is 357 g/mol. The van der Waals surface area contributed by atoms with E-state index in [1.807, 2.05) is 13.8 Å². The summed E-state index contributed by atoms with van der Waals surface area (Å²) >= 11 is 0. The Kier molecular flexibility index (Phi) is 7.03. The van der Waals surface area contributed by atoms with E-state index in [-0.39, 0.29) is 5.92 Å². The number of methoxy groups -OCH3 is 1. The first-order chi connectivity index (χ1) is 11.5. The van der Waals surface area contributed by atoms with Gasteiger partial charge in [-0.15, -0.1) is 0 Å². The molecule has 0 radical (unpaired) electrons. The lowest BCUT2D eigenvalue weighted by atomic mass is 10.1. The van der Waals surface area contributed by atoms with Gasteiger partial charge in [-0.2, -0.15) is 4.31 Å². The molecule has 1 aromatic rings. The molecule has 0 saturated carbocycles. The molecule has 2 rings (SSSR count). The van der Waals surface area contributed by atoms with E-state index in [0.717, 1.165) is 18.6 Å². The molecule has 1 fully saturated rings. The van der Waals surface area contributed by atoms with E-state index in [1.54, 1.807) is 25.3 Å². The van der Waals surface area contributed by atoms with Crippen LogP contribution in [-0.4, -0.2) is 59.3 Å². The van der Waals surface area contributed by atoms with Gasteiger partial charge < -0.3 is 14.2 Å². The van der Waals surface area contributed by atoms with Crippen LogP contribution in [0, 0.1) is 12.8 Å². The Morgan fingerprint density at radius 1 is 1.33 bits per heavy atom. The minimum atomic E-state index is -3.51. The van der Waals surface area contributed by atoms with Crippen LogP contribution in [0.5, 0.6) is 5.75 Å². The standard InChI is InChI=1S/C17H27NO5S/c1-4-18(12-15-7-8-22-13-15)24(19,20)16-5-6-17(14(2)11-16)23-10-9-21-3/h5-6,11,15H,4,7-10,12-13H2,1-3H3. The number of hydrogen-bond donors (Lipinski definition) is 0. The Balaban J connectivity index is 2.13. The van der Waals surface area contributed by atoms with Crippen molar-refractivity contribution in [2.45, 2.75) is 25.2 Å². The van der Waals surface area contributed by atoms with Crippen LogP contribution in [0.3, 0.4) is 0 Å². The van der Waals surface area contributed by atoms with E-state index in [9.17, 15) is 8.42 Å². The number of hydrogen-bond acceptors (Lipinski definition) is 5. The van der Waals surface area contributed by atoms with Crippen molar-refractivity contribution in [2.24, 2.45) is 5.92 Å². The monoisotopic (exact) mass is 357 g/mol. The number of nitrogens with zero attached hydrogens (tertiary/aromatic N) is 1. The third-order valence-electron chi connectivity index (χ3n) is 4.17. The number of ether oxygens (including phenoxy) is 3. The van der Waals surface area contributed by atoms with Crippen molar-refractivity contribution < 1.29 is 22.6 Å². The topological polar surface area (TPSA) is 65.1 Å². The fourth-order valence-electron chi connectivity index (χ4n) is 2.74.